The van der Waals surface area contributed by atoms with Crippen molar-refractivity contribution in [2.24, 2.45) is 5.10 Å². The molecule has 0 atom stereocenters. The molecule has 0 saturated heterocycles. The van der Waals surface area contributed by atoms with Crippen LogP contribution in [-0.4, -0.2) is 44.3 Å². The van der Waals surface area contributed by atoms with Gasteiger partial charge in [-0.1, -0.05) is 114 Å². The Balaban J connectivity index is 0.00000410. The van der Waals surface area contributed by atoms with Gasteiger partial charge in [-0.3, -0.25) is 0 Å². The van der Waals surface area contributed by atoms with E-state index in [2.05, 4.69) is 160 Å². The number of hydrogen-bond acceptors (Lipinski definition) is 5. The van der Waals surface area contributed by atoms with E-state index in [1.165, 1.54) is 0 Å². The van der Waals surface area contributed by atoms with Crippen molar-refractivity contribution in [3.8, 4) is 34.0 Å². The van der Waals surface area contributed by atoms with Crippen molar-refractivity contribution < 1.29 is 21.1 Å². The van der Waals surface area contributed by atoms with Crippen LogP contribution in [0.25, 0.3) is 55.8 Å². The van der Waals surface area contributed by atoms with Crippen LogP contribution in [0.15, 0.2) is 175 Å². The fourth-order valence-electron chi connectivity index (χ4n) is 7.69. The van der Waals surface area contributed by atoms with Gasteiger partial charge in [-0.25, -0.2) is 9.67 Å². The van der Waals surface area contributed by atoms with Gasteiger partial charge in [0.1, 0.15) is 5.82 Å². The number of hydrogen-bond donors (Lipinski definition) is 0. The minimum absolute atomic E-state index is 0. The fraction of sp³-hybridized carbons (Fsp3) is 0.0213. The summed E-state index contributed by atoms with van der Waals surface area (Å²) < 4.78 is 4.32. The standard InChI is InChI=1S/C47H33BN7.Pt/c1-52-32-50-53(33-52)39-23-15-20-36(30-39)48(37-27-28-41-40-24-11-12-25-42(40)54(43(41)31-37)44-26-13-14-29-49-44)45-46(34-16-5-2-6-17-34)51-55(38-21-9-4-10-22-38)47(45)35-18-7-3-8-19-35;/h2-29,32-33H,1H3;/q-3;. The zero-order valence-corrected chi connectivity index (χ0v) is 32.6. The molecule has 0 radical (unpaired) electrons. The summed E-state index contributed by atoms with van der Waals surface area (Å²) in [5, 5.41) is 14.2. The van der Waals surface area contributed by atoms with Gasteiger partial charge in [0.2, 0.25) is 0 Å². The first-order valence-corrected chi connectivity index (χ1v) is 18.3. The van der Waals surface area contributed by atoms with Gasteiger partial charge in [-0.2, -0.15) is 57.5 Å². The number of hydrazone groups is 1. The van der Waals surface area contributed by atoms with Crippen LogP contribution >= 0.6 is 0 Å². The summed E-state index contributed by atoms with van der Waals surface area (Å²) >= 11 is 0. The maximum absolute atomic E-state index is 5.50. The Kier molecular flexibility index (Phi) is 9.42. The number of rotatable bonds is 8. The third-order valence-corrected chi connectivity index (χ3v) is 10.1. The monoisotopic (exact) mass is 901 g/mol. The maximum atomic E-state index is 5.50. The third-order valence-electron chi connectivity index (χ3n) is 10.1. The topological polar surface area (TPSA) is 54.5 Å². The first-order chi connectivity index (χ1) is 27.2. The van der Waals surface area contributed by atoms with E-state index in [-0.39, 0.29) is 27.8 Å². The average Bonchev–Trinajstić information content (AvgIpc) is 3.96. The number of benzene rings is 6. The molecular formula is C47H33BN7Pt-3. The Labute approximate surface area is 340 Å². The molecule has 56 heavy (non-hydrogen) atoms. The molecule has 0 aliphatic carbocycles. The average molecular weight is 902 g/mol. The quantitative estimate of drug-likeness (QED) is 0.116. The second kappa shape index (κ2) is 15.0. The predicted octanol–water partition coefficient (Wildman–Crippen LogP) is 7.63. The van der Waals surface area contributed by atoms with Crippen molar-refractivity contribution in [1.82, 2.24) is 24.2 Å². The van der Waals surface area contributed by atoms with Gasteiger partial charge in [-0.05, 0) is 53.8 Å². The maximum Gasteiger partial charge on any atom is 0.197 e. The Hall–Kier alpha value is -6.50. The molecule has 1 aliphatic heterocycles. The molecule has 0 saturated carbocycles. The Morgan fingerprint density at radius 1 is 0.625 bits per heavy atom. The van der Waals surface area contributed by atoms with Crippen LogP contribution in [0.1, 0.15) is 0 Å². The summed E-state index contributed by atoms with van der Waals surface area (Å²) in [5.41, 5.74) is 10.8. The molecule has 10 rings (SSSR count). The number of pyridine rings is 1. The Morgan fingerprint density at radius 3 is 2.05 bits per heavy atom. The summed E-state index contributed by atoms with van der Waals surface area (Å²) in [4.78, 5) is 6.75. The molecular weight excluding hydrogens is 868 g/mol. The molecule has 7 nitrogen and oxygen atoms in total. The molecule has 0 fully saturated rings. The summed E-state index contributed by atoms with van der Waals surface area (Å²) in [6, 6.07) is 64.5. The van der Waals surface area contributed by atoms with E-state index in [9.17, 15) is 0 Å². The molecule has 0 N–H and O–H groups in total. The third kappa shape index (κ3) is 6.22. The molecule has 0 amide bonds. The fourth-order valence-corrected chi connectivity index (χ4v) is 7.69. The van der Waals surface area contributed by atoms with Crippen LogP contribution in [0.3, 0.4) is 0 Å². The van der Waals surface area contributed by atoms with E-state index in [4.69, 9.17) is 10.1 Å². The summed E-state index contributed by atoms with van der Waals surface area (Å²) in [5.74, 6) is 0.839. The van der Waals surface area contributed by atoms with Gasteiger partial charge in [-0.15, -0.1) is 18.1 Å². The molecule has 6 aromatic carbocycles. The van der Waals surface area contributed by atoms with Crippen LogP contribution in [0.2, 0.25) is 0 Å². The van der Waals surface area contributed by atoms with Gasteiger partial charge in [0.15, 0.2) is 6.71 Å². The largest absolute Gasteiger partial charge is 0.493 e. The number of aromatic nitrogens is 4. The van der Waals surface area contributed by atoms with E-state index >= 15 is 0 Å². The predicted molar refractivity (Wildman–Crippen MR) is 225 cm³/mol. The first kappa shape index (κ1) is 35.2. The van der Waals surface area contributed by atoms with Crippen LogP contribution in [0.4, 0.5) is 5.69 Å². The van der Waals surface area contributed by atoms with Crippen molar-refractivity contribution >= 4 is 56.9 Å². The van der Waals surface area contributed by atoms with Crippen molar-refractivity contribution in [2.45, 2.75) is 0 Å². The minimum atomic E-state index is -0.355. The number of para-hydroxylation sites is 2. The summed E-state index contributed by atoms with van der Waals surface area (Å²) in [6.45, 7) is 1.60. The van der Waals surface area contributed by atoms with E-state index < -0.39 is 0 Å². The zero-order chi connectivity index (χ0) is 36.7. The van der Waals surface area contributed by atoms with Crippen LogP contribution in [-0.2, 0) is 21.1 Å². The van der Waals surface area contributed by atoms with Crippen molar-refractivity contribution in [2.75, 3.05) is 12.1 Å². The second-order valence-corrected chi connectivity index (χ2v) is 13.6. The molecule has 0 spiro atoms. The molecule has 4 heterocycles. The molecule has 0 unspecified atom stereocenters. The van der Waals surface area contributed by atoms with Gasteiger partial charge >= 0.3 is 0 Å². The molecule has 9 aromatic rings. The Bertz CT molecular complexity index is 2820. The molecule has 9 heteroatoms. The van der Waals surface area contributed by atoms with Crippen molar-refractivity contribution in [3.63, 3.8) is 0 Å². The first-order valence-electron chi connectivity index (χ1n) is 18.3. The molecule has 1 aliphatic rings. The van der Waals surface area contributed by atoms with Gasteiger partial charge in [0, 0.05) is 38.3 Å². The van der Waals surface area contributed by atoms with Crippen LogP contribution in [0, 0.1) is 18.8 Å². The number of anilines is 1. The van der Waals surface area contributed by atoms with Gasteiger partial charge in [0.05, 0.1) is 23.4 Å². The van der Waals surface area contributed by atoms with E-state index in [1.807, 2.05) is 60.2 Å². The van der Waals surface area contributed by atoms with Gasteiger partial charge < -0.3 is 14.5 Å². The minimum Gasteiger partial charge on any atom is -0.493 e. The second-order valence-electron chi connectivity index (χ2n) is 13.6. The zero-order valence-electron chi connectivity index (χ0n) is 30.3. The Morgan fingerprint density at radius 2 is 1.32 bits per heavy atom. The normalized spacial score (nSPS) is 12.4. The van der Waals surface area contributed by atoms with Crippen molar-refractivity contribution in [1.29, 1.82) is 0 Å². The summed E-state index contributed by atoms with van der Waals surface area (Å²) in [6.07, 6.45) is 3.63. The summed E-state index contributed by atoms with van der Waals surface area (Å²) in [7, 11) is 1.97. The number of nitrogens with zero attached hydrogens (tertiary/aromatic N) is 7. The SMILES string of the molecule is CN1C=NN(c2[c-]c(B(c3[c-]c4c(cc3)c3ccccc3n4-c3ccccn3)c3c(-c4ccccc4)nn(-c4ccccc4)c3-c3ccccc3)ccc2)[CH-]1.[Pt]. The van der Waals surface area contributed by atoms with Crippen LogP contribution < -0.4 is 21.4 Å². The molecule has 272 valence electrons. The number of fused-ring (bicyclic) bond motifs is 3. The smallest absolute Gasteiger partial charge is 0.197 e. The van der Waals surface area contributed by atoms with E-state index in [1.54, 1.807) is 6.34 Å². The van der Waals surface area contributed by atoms with E-state index in [0.717, 1.165) is 77.9 Å². The van der Waals surface area contributed by atoms with E-state index in [0.29, 0.717) is 0 Å². The molecule has 3 aromatic heterocycles. The van der Waals surface area contributed by atoms with Crippen molar-refractivity contribution in [3.05, 3.63) is 189 Å². The van der Waals surface area contributed by atoms with Gasteiger partial charge in [0.25, 0.3) is 0 Å². The van der Waals surface area contributed by atoms with Crippen LogP contribution in [0.5, 0.6) is 0 Å². The molecule has 0 bridgehead atoms.